The predicted octanol–water partition coefficient (Wildman–Crippen LogP) is 4.62. The molecule has 6 nitrogen and oxygen atoms in total. The number of methoxy groups -OCH3 is 1. The molecule has 0 bridgehead atoms. The first-order valence-electron chi connectivity index (χ1n) is 9.28. The highest BCUT2D eigenvalue weighted by atomic mass is 35.5. The smallest absolute Gasteiger partial charge is 0.337 e. The van der Waals surface area contributed by atoms with Crippen molar-refractivity contribution in [1.82, 2.24) is 4.90 Å². The molecule has 3 atom stereocenters. The highest BCUT2D eigenvalue weighted by molar-refractivity contribution is 7.10. The molecule has 0 aliphatic carbocycles. The van der Waals surface area contributed by atoms with Crippen molar-refractivity contribution in [3.63, 3.8) is 0 Å². The minimum absolute atomic E-state index is 0.125. The van der Waals surface area contributed by atoms with Gasteiger partial charge in [0.2, 0.25) is 0 Å². The van der Waals surface area contributed by atoms with Crippen molar-refractivity contribution in [2.45, 2.75) is 25.8 Å². The second-order valence-electron chi connectivity index (χ2n) is 6.74. The number of esters is 1. The van der Waals surface area contributed by atoms with Gasteiger partial charge in [0, 0.05) is 21.0 Å². The molecule has 1 heterocycles. The van der Waals surface area contributed by atoms with E-state index in [9.17, 15) is 9.59 Å². The van der Waals surface area contributed by atoms with Crippen molar-refractivity contribution in [3.8, 4) is 0 Å². The quantitative estimate of drug-likeness (QED) is 0.183. The summed E-state index contributed by atoms with van der Waals surface area (Å²) in [6.45, 7) is 6.44. The Morgan fingerprint density at radius 3 is 2.67 bits per heavy atom. The Morgan fingerprint density at radius 2 is 2.10 bits per heavy atom. The van der Waals surface area contributed by atoms with Gasteiger partial charge in [-0.2, -0.15) is 0 Å². The summed E-state index contributed by atoms with van der Waals surface area (Å²) in [6, 6.07) is 5.26. The van der Waals surface area contributed by atoms with Crippen molar-refractivity contribution < 1.29 is 23.4 Å². The van der Waals surface area contributed by atoms with E-state index in [4.69, 9.17) is 25.4 Å². The number of hydrogen-bond donors (Lipinski definition) is 0. The Labute approximate surface area is 186 Å². The summed E-state index contributed by atoms with van der Waals surface area (Å²) in [7, 11) is 5.64. The Bertz CT molecular complexity index is 884. The van der Waals surface area contributed by atoms with Crippen LogP contribution in [0.3, 0.4) is 0 Å². The molecule has 0 N–H and O–H groups in total. The molecule has 30 heavy (non-hydrogen) atoms. The van der Waals surface area contributed by atoms with E-state index in [0.29, 0.717) is 23.4 Å². The number of amides is 1. The molecule has 1 aliphatic heterocycles. The lowest BCUT2D eigenvalue weighted by Gasteiger charge is -2.28. The van der Waals surface area contributed by atoms with Gasteiger partial charge in [0.15, 0.2) is 0 Å². The summed E-state index contributed by atoms with van der Waals surface area (Å²) in [5.41, 5.74) is 2.68. The molecule has 1 amide bonds. The van der Waals surface area contributed by atoms with E-state index in [-0.39, 0.29) is 23.6 Å². The van der Waals surface area contributed by atoms with Gasteiger partial charge in [0.1, 0.15) is 5.76 Å². The number of likely N-dealkylation sites (tertiary alicyclic amines) is 1. The Morgan fingerprint density at radius 1 is 1.37 bits per heavy atom. The van der Waals surface area contributed by atoms with Crippen molar-refractivity contribution in [3.05, 3.63) is 70.0 Å². The second kappa shape index (κ2) is 11.6. The van der Waals surface area contributed by atoms with E-state index in [2.05, 4.69) is 25.5 Å². The molecule has 1 saturated heterocycles. The number of ether oxygens (including phenoxy) is 1. The SMILES string of the molecule is C=C(Cl)/C=C(C(=O)N1CCCC1c1ccc(C(=O)OC)cc1C)\C(=C/COP)OP. The summed E-state index contributed by atoms with van der Waals surface area (Å²) in [6.07, 6.45) is 4.81. The fourth-order valence-electron chi connectivity index (χ4n) is 3.52. The summed E-state index contributed by atoms with van der Waals surface area (Å²) in [4.78, 5) is 27.1. The van der Waals surface area contributed by atoms with Crippen molar-refractivity contribution in [2.75, 3.05) is 20.3 Å². The van der Waals surface area contributed by atoms with E-state index < -0.39 is 5.97 Å². The lowest BCUT2D eigenvalue weighted by Crippen LogP contribution is -2.32. The number of rotatable bonds is 8. The van der Waals surface area contributed by atoms with Crippen molar-refractivity contribution in [2.24, 2.45) is 0 Å². The van der Waals surface area contributed by atoms with E-state index in [1.165, 1.54) is 13.2 Å². The normalized spacial score (nSPS) is 17.1. The van der Waals surface area contributed by atoms with Crippen LogP contribution in [-0.4, -0.2) is 37.0 Å². The maximum Gasteiger partial charge on any atom is 0.337 e. The van der Waals surface area contributed by atoms with Crippen LogP contribution in [0.25, 0.3) is 0 Å². The minimum atomic E-state index is -0.390. The van der Waals surface area contributed by atoms with E-state index >= 15 is 0 Å². The number of hydrogen-bond acceptors (Lipinski definition) is 5. The lowest BCUT2D eigenvalue weighted by molar-refractivity contribution is -0.128. The number of carbonyl (C=O) groups excluding carboxylic acids is 2. The zero-order valence-corrected chi connectivity index (χ0v) is 20.1. The van der Waals surface area contributed by atoms with Crippen LogP contribution < -0.4 is 0 Å². The third-order valence-corrected chi connectivity index (χ3v) is 5.41. The van der Waals surface area contributed by atoms with Crippen LogP contribution in [0.2, 0.25) is 0 Å². The van der Waals surface area contributed by atoms with E-state index in [1.807, 2.05) is 13.0 Å². The minimum Gasteiger partial charge on any atom is -0.480 e. The third-order valence-electron chi connectivity index (χ3n) is 4.85. The average Bonchev–Trinajstić information content (AvgIpc) is 3.21. The zero-order chi connectivity index (χ0) is 22.3. The van der Waals surface area contributed by atoms with Gasteiger partial charge in [0.25, 0.3) is 5.91 Å². The summed E-state index contributed by atoms with van der Waals surface area (Å²) < 4.78 is 15.1. The van der Waals surface area contributed by atoms with Crippen LogP contribution in [0.1, 0.15) is 40.4 Å². The zero-order valence-electron chi connectivity index (χ0n) is 17.0. The largest absolute Gasteiger partial charge is 0.480 e. The first-order valence-corrected chi connectivity index (χ1v) is 10.6. The van der Waals surface area contributed by atoms with Crippen LogP contribution in [0.15, 0.2) is 53.3 Å². The van der Waals surface area contributed by atoms with Gasteiger partial charge in [-0.05, 0) is 55.2 Å². The van der Waals surface area contributed by atoms with Crippen molar-refractivity contribution >= 4 is 42.4 Å². The molecule has 9 heteroatoms. The van der Waals surface area contributed by atoms with Gasteiger partial charge in [-0.25, -0.2) is 4.79 Å². The van der Waals surface area contributed by atoms with Gasteiger partial charge >= 0.3 is 5.97 Å². The number of nitrogens with zero attached hydrogens (tertiary/aromatic N) is 1. The molecule has 1 aromatic carbocycles. The monoisotopic (exact) mass is 469 g/mol. The molecule has 0 spiro atoms. The van der Waals surface area contributed by atoms with Gasteiger partial charge in [0.05, 0.1) is 40.4 Å². The molecule has 1 aliphatic rings. The van der Waals surface area contributed by atoms with Crippen LogP contribution in [0.5, 0.6) is 0 Å². The van der Waals surface area contributed by atoms with Crippen LogP contribution in [0, 0.1) is 6.92 Å². The maximum atomic E-state index is 13.5. The topological polar surface area (TPSA) is 65.1 Å². The molecule has 1 aromatic rings. The molecule has 162 valence electrons. The van der Waals surface area contributed by atoms with Crippen LogP contribution in [0.4, 0.5) is 0 Å². The molecular weight excluding hydrogens is 444 g/mol. The summed E-state index contributed by atoms with van der Waals surface area (Å²) in [5.74, 6) is -0.274. The Hall–Kier alpha value is -1.71. The lowest BCUT2D eigenvalue weighted by atomic mass is 9.96. The standard InChI is InChI=1S/C21H26ClNO5P2/c1-13-11-15(21(25)26-3)6-7-16(13)18-5-4-9-23(18)20(24)17(12-14(2)22)19(28-30)8-10-27-29/h6-8,11-12,18H,2,4-5,9-10,29-30H2,1,3H3/b17-12+,19-8+. The molecule has 0 radical (unpaired) electrons. The maximum absolute atomic E-state index is 13.5. The molecular formula is C21H26ClNO5P2. The predicted molar refractivity (Wildman–Crippen MR) is 124 cm³/mol. The van der Waals surface area contributed by atoms with Gasteiger partial charge in [-0.15, -0.1) is 0 Å². The second-order valence-corrected chi connectivity index (χ2v) is 7.80. The van der Waals surface area contributed by atoms with E-state index in [0.717, 1.165) is 24.0 Å². The Balaban J connectivity index is 2.40. The number of carbonyl (C=O) groups is 2. The number of benzene rings is 1. The van der Waals surface area contributed by atoms with Gasteiger partial charge < -0.3 is 18.7 Å². The van der Waals surface area contributed by atoms with Gasteiger partial charge in [-0.3, -0.25) is 4.79 Å². The first-order chi connectivity index (χ1) is 14.3. The molecule has 1 fully saturated rings. The molecule has 3 unspecified atom stereocenters. The average molecular weight is 470 g/mol. The number of allylic oxidation sites excluding steroid dienone is 2. The number of aryl methyl sites for hydroxylation is 1. The summed E-state index contributed by atoms with van der Waals surface area (Å²) >= 11 is 5.99. The first kappa shape index (κ1) is 24.6. The van der Waals surface area contributed by atoms with Crippen LogP contribution in [-0.2, 0) is 18.6 Å². The van der Waals surface area contributed by atoms with Crippen molar-refractivity contribution in [1.29, 1.82) is 0 Å². The molecule has 0 aromatic heterocycles. The molecule has 2 rings (SSSR count). The third kappa shape index (κ3) is 5.92. The fraction of sp³-hybridized carbons (Fsp3) is 0.333. The highest BCUT2D eigenvalue weighted by Crippen LogP contribution is 2.36. The number of halogens is 1. The highest BCUT2D eigenvalue weighted by Gasteiger charge is 2.34. The molecule has 0 saturated carbocycles. The van der Waals surface area contributed by atoms with E-state index in [1.54, 1.807) is 23.1 Å². The van der Waals surface area contributed by atoms with Crippen LogP contribution >= 0.6 is 30.5 Å². The fourth-order valence-corrected chi connectivity index (χ4v) is 3.95. The summed E-state index contributed by atoms with van der Waals surface area (Å²) in [5, 5.41) is 0.215. The van der Waals surface area contributed by atoms with Gasteiger partial charge in [-0.1, -0.05) is 24.2 Å². The Kier molecular flexibility index (Phi) is 9.51.